The van der Waals surface area contributed by atoms with Crippen LogP contribution < -0.4 is 10.6 Å². The van der Waals surface area contributed by atoms with E-state index in [1.165, 1.54) is 21.0 Å². The number of thiazole rings is 1. The zero-order chi connectivity index (χ0) is 18.8. The van der Waals surface area contributed by atoms with Crippen molar-refractivity contribution in [2.45, 2.75) is 46.8 Å². The monoisotopic (exact) mass is 374 g/mol. The summed E-state index contributed by atoms with van der Waals surface area (Å²) in [7, 11) is 1.79. The number of nitrogens with one attached hydrogen (secondary N) is 2. The number of guanidine groups is 1. The van der Waals surface area contributed by atoms with Crippen molar-refractivity contribution in [3.63, 3.8) is 0 Å². The van der Waals surface area contributed by atoms with Gasteiger partial charge in [-0.25, -0.2) is 4.98 Å². The van der Waals surface area contributed by atoms with Gasteiger partial charge in [0, 0.05) is 38.0 Å². The second-order valence-corrected chi connectivity index (χ2v) is 7.46. The first-order valence-corrected chi connectivity index (χ1v) is 9.97. The number of nitrogens with zero attached hydrogens (tertiary/aromatic N) is 2. The van der Waals surface area contributed by atoms with Crippen LogP contribution in [-0.2, 0) is 24.3 Å². The number of ether oxygens (including phenoxy) is 1. The van der Waals surface area contributed by atoms with E-state index in [0.29, 0.717) is 6.61 Å². The van der Waals surface area contributed by atoms with Crippen molar-refractivity contribution in [3.05, 3.63) is 51.0 Å². The second-order valence-electron chi connectivity index (χ2n) is 6.17. The summed E-state index contributed by atoms with van der Waals surface area (Å²) >= 11 is 1.77. The van der Waals surface area contributed by atoms with Crippen LogP contribution >= 0.6 is 11.3 Å². The molecule has 2 rings (SSSR count). The molecule has 6 heteroatoms. The van der Waals surface area contributed by atoms with Crippen LogP contribution in [0.3, 0.4) is 0 Å². The molecule has 0 saturated carbocycles. The van der Waals surface area contributed by atoms with Crippen LogP contribution in [0.15, 0.2) is 29.3 Å². The van der Waals surface area contributed by atoms with Gasteiger partial charge in [-0.1, -0.05) is 31.2 Å². The maximum atomic E-state index is 5.69. The first-order chi connectivity index (χ1) is 12.6. The van der Waals surface area contributed by atoms with Crippen molar-refractivity contribution in [1.82, 2.24) is 15.6 Å². The highest BCUT2D eigenvalue weighted by Crippen LogP contribution is 2.16. The quantitative estimate of drug-likeness (QED) is 0.400. The Morgan fingerprint density at radius 1 is 1.19 bits per heavy atom. The number of hydrogen-bond acceptors (Lipinski definition) is 4. The summed E-state index contributed by atoms with van der Waals surface area (Å²) in [6, 6.07) is 8.37. The summed E-state index contributed by atoms with van der Waals surface area (Å²) in [6.45, 7) is 9.28. The van der Waals surface area contributed by atoms with Gasteiger partial charge in [0.1, 0.15) is 0 Å². The number of benzene rings is 1. The highest BCUT2D eigenvalue weighted by Gasteiger charge is 2.06. The Balaban J connectivity index is 1.81. The average molecular weight is 375 g/mol. The maximum Gasteiger partial charge on any atom is 0.191 e. The van der Waals surface area contributed by atoms with Crippen LogP contribution in [0.4, 0.5) is 0 Å². The van der Waals surface area contributed by atoms with Crippen LogP contribution in [0.1, 0.15) is 40.1 Å². The summed E-state index contributed by atoms with van der Waals surface area (Å²) in [6.07, 6.45) is 1.94. The predicted molar refractivity (Wildman–Crippen MR) is 110 cm³/mol. The fraction of sp³-hybridized carbons (Fsp3) is 0.500. The molecule has 2 N–H and O–H groups in total. The molecule has 2 aromatic rings. The third kappa shape index (κ3) is 6.42. The number of aromatic nitrogens is 1. The molecule has 142 valence electrons. The van der Waals surface area contributed by atoms with Gasteiger partial charge in [0.15, 0.2) is 5.96 Å². The molecule has 1 heterocycles. The van der Waals surface area contributed by atoms with Gasteiger partial charge in [-0.3, -0.25) is 4.99 Å². The molecule has 0 unspecified atom stereocenters. The van der Waals surface area contributed by atoms with Crippen molar-refractivity contribution in [3.8, 4) is 0 Å². The number of aliphatic imine (C=N–C) groups is 1. The molecule has 0 radical (unpaired) electrons. The topological polar surface area (TPSA) is 58.5 Å². The van der Waals surface area contributed by atoms with Gasteiger partial charge in [-0.15, -0.1) is 11.3 Å². The molecule has 0 aliphatic rings. The summed E-state index contributed by atoms with van der Waals surface area (Å²) in [4.78, 5) is 10.2. The fourth-order valence-electron chi connectivity index (χ4n) is 2.53. The molecule has 0 spiro atoms. The Hall–Kier alpha value is -1.92. The molecular weight excluding hydrogens is 344 g/mol. The van der Waals surface area contributed by atoms with Gasteiger partial charge >= 0.3 is 0 Å². The third-order valence-corrected chi connectivity index (χ3v) is 5.23. The molecule has 0 aliphatic carbocycles. The van der Waals surface area contributed by atoms with E-state index in [1.54, 1.807) is 18.4 Å². The van der Waals surface area contributed by atoms with Gasteiger partial charge in [-0.2, -0.15) is 0 Å². The summed E-state index contributed by atoms with van der Waals surface area (Å²) in [5.74, 6) is 0.805. The molecule has 1 aromatic heterocycles. The van der Waals surface area contributed by atoms with Gasteiger partial charge in [0.2, 0.25) is 0 Å². The Bertz CT molecular complexity index is 692. The molecule has 0 atom stereocenters. The van der Waals surface area contributed by atoms with E-state index >= 15 is 0 Å². The molecule has 1 aromatic carbocycles. The highest BCUT2D eigenvalue weighted by molar-refractivity contribution is 7.11. The van der Waals surface area contributed by atoms with Gasteiger partial charge in [0.05, 0.1) is 17.3 Å². The lowest BCUT2D eigenvalue weighted by molar-refractivity contribution is 0.121. The zero-order valence-electron chi connectivity index (χ0n) is 16.3. The molecular formula is C20H30N4OS. The molecule has 0 bridgehead atoms. The van der Waals surface area contributed by atoms with E-state index in [-0.39, 0.29) is 0 Å². The average Bonchev–Trinajstić information content (AvgIpc) is 2.97. The Labute approximate surface area is 160 Å². The zero-order valence-corrected chi connectivity index (χ0v) is 17.1. The fourth-order valence-corrected chi connectivity index (χ4v) is 3.46. The van der Waals surface area contributed by atoms with E-state index in [0.717, 1.165) is 44.2 Å². The van der Waals surface area contributed by atoms with Gasteiger partial charge in [0.25, 0.3) is 0 Å². The van der Waals surface area contributed by atoms with Gasteiger partial charge in [-0.05, 0) is 31.4 Å². The third-order valence-electron chi connectivity index (χ3n) is 4.10. The number of aryl methyl sites for hydroxylation is 2. The van der Waals surface area contributed by atoms with E-state index in [9.17, 15) is 0 Å². The summed E-state index contributed by atoms with van der Waals surface area (Å²) < 4.78 is 5.69. The summed E-state index contributed by atoms with van der Waals surface area (Å²) in [5, 5.41) is 7.92. The van der Waals surface area contributed by atoms with Crippen LogP contribution in [0.5, 0.6) is 0 Å². The maximum absolute atomic E-state index is 5.69. The van der Waals surface area contributed by atoms with Crippen LogP contribution in [0, 0.1) is 13.8 Å². The normalized spacial score (nSPS) is 11.6. The predicted octanol–water partition coefficient (Wildman–Crippen LogP) is 3.59. The standard InChI is InChI=1S/C20H30N4OS/c1-5-12-25-14-18-9-7-6-8-17(18)13-23-20(21-4)22-11-10-19-24-15(2)16(3)26-19/h6-9H,5,10-14H2,1-4H3,(H2,21,22,23). The first-order valence-electron chi connectivity index (χ1n) is 9.16. The van der Waals surface area contributed by atoms with Crippen molar-refractivity contribution in [1.29, 1.82) is 0 Å². The Kier molecular flexibility index (Phi) is 8.58. The molecule has 0 saturated heterocycles. The Morgan fingerprint density at radius 2 is 1.96 bits per heavy atom. The lowest BCUT2D eigenvalue weighted by Crippen LogP contribution is -2.38. The molecule has 0 aliphatic heterocycles. The van der Waals surface area contributed by atoms with Crippen molar-refractivity contribution in [2.75, 3.05) is 20.2 Å². The van der Waals surface area contributed by atoms with Crippen molar-refractivity contribution in [2.24, 2.45) is 4.99 Å². The lowest BCUT2D eigenvalue weighted by atomic mass is 10.1. The van der Waals surface area contributed by atoms with E-state index in [2.05, 4.69) is 65.6 Å². The minimum absolute atomic E-state index is 0.653. The van der Waals surface area contributed by atoms with Crippen molar-refractivity contribution >= 4 is 17.3 Å². The molecule has 26 heavy (non-hydrogen) atoms. The van der Waals surface area contributed by atoms with E-state index in [1.807, 2.05) is 0 Å². The minimum atomic E-state index is 0.653. The summed E-state index contributed by atoms with van der Waals surface area (Å²) in [5.41, 5.74) is 3.59. The number of hydrogen-bond donors (Lipinski definition) is 2. The smallest absolute Gasteiger partial charge is 0.191 e. The molecule has 0 fully saturated rings. The first kappa shape index (κ1) is 20.4. The number of rotatable bonds is 9. The van der Waals surface area contributed by atoms with Gasteiger partial charge < -0.3 is 15.4 Å². The van der Waals surface area contributed by atoms with Crippen LogP contribution in [0.25, 0.3) is 0 Å². The SMILES string of the molecule is CCCOCc1ccccc1CNC(=NC)NCCc1nc(C)c(C)s1. The van der Waals surface area contributed by atoms with Crippen LogP contribution in [0.2, 0.25) is 0 Å². The van der Waals surface area contributed by atoms with E-state index in [4.69, 9.17) is 4.74 Å². The molecule has 5 nitrogen and oxygen atoms in total. The Morgan fingerprint density at radius 3 is 2.62 bits per heavy atom. The second kappa shape index (κ2) is 10.9. The highest BCUT2D eigenvalue weighted by atomic mass is 32.1. The van der Waals surface area contributed by atoms with Crippen molar-refractivity contribution < 1.29 is 4.74 Å². The van der Waals surface area contributed by atoms with E-state index < -0.39 is 0 Å². The van der Waals surface area contributed by atoms with Crippen LogP contribution in [-0.4, -0.2) is 31.1 Å². The lowest BCUT2D eigenvalue weighted by Gasteiger charge is -2.14. The molecule has 0 amide bonds. The largest absolute Gasteiger partial charge is 0.377 e. The minimum Gasteiger partial charge on any atom is -0.377 e.